The van der Waals surface area contributed by atoms with Gasteiger partial charge in [0.2, 0.25) is 0 Å². The van der Waals surface area contributed by atoms with Crippen molar-refractivity contribution in [2.24, 2.45) is 0 Å². The number of halogens is 2. The van der Waals surface area contributed by atoms with Gasteiger partial charge in [0.25, 0.3) is 0 Å². The van der Waals surface area contributed by atoms with Gasteiger partial charge in [-0.05, 0) is 48.4 Å². The molecule has 4 heteroatoms. The molecular weight excluding hydrogens is 394 g/mol. The molecule has 0 aromatic heterocycles. The standard InChI is InChI=1S/C17H19Br2NO/c1-3-20-16(14-6-4-5-7-15(14)19)11-12-10-13(18)8-9-17(12)21-2/h4-10,16,20H,3,11H2,1-2H3. The van der Waals surface area contributed by atoms with Crippen molar-refractivity contribution in [3.8, 4) is 5.75 Å². The SMILES string of the molecule is CCNC(Cc1cc(Br)ccc1OC)c1ccccc1Br. The maximum absolute atomic E-state index is 5.49. The van der Waals surface area contributed by atoms with Gasteiger partial charge in [0.15, 0.2) is 0 Å². The molecule has 1 N–H and O–H groups in total. The van der Waals surface area contributed by atoms with Gasteiger partial charge in [-0.15, -0.1) is 0 Å². The Labute approximate surface area is 143 Å². The summed E-state index contributed by atoms with van der Waals surface area (Å²) in [5.74, 6) is 0.924. The fourth-order valence-corrected chi connectivity index (χ4v) is 3.39. The van der Waals surface area contributed by atoms with E-state index < -0.39 is 0 Å². The van der Waals surface area contributed by atoms with Crippen molar-refractivity contribution in [2.45, 2.75) is 19.4 Å². The van der Waals surface area contributed by atoms with Crippen molar-refractivity contribution in [3.05, 3.63) is 62.5 Å². The zero-order valence-corrected chi connectivity index (χ0v) is 15.4. The zero-order chi connectivity index (χ0) is 15.2. The van der Waals surface area contributed by atoms with Crippen molar-refractivity contribution in [2.75, 3.05) is 13.7 Å². The van der Waals surface area contributed by atoms with Crippen molar-refractivity contribution in [1.29, 1.82) is 0 Å². The van der Waals surface area contributed by atoms with Gasteiger partial charge in [-0.2, -0.15) is 0 Å². The molecule has 2 rings (SSSR count). The van der Waals surface area contributed by atoms with Gasteiger partial charge in [0, 0.05) is 15.0 Å². The average Bonchev–Trinajstić information content (AvgIpc) is 2.48. The Morgan fingerprint density at radius 2 is 1.90 bits per heavy atom. The van der Waals surface area contributed by atoms with E-state index in [0.29, 0.717) is 0 Å². The fraction of sp³-hybridized carbons (Fsp3) is 0.294. The van der Waals surface area contributed by atoms with Crippen LogP contribution >= 0.6 is 31.9 Å². The number of hydrogen-bond donors (Lipinski definition) is 1. The first kappa shape index (κ1) is 16.5. The molecule has 1 unspecified atom stereocenters. The topological polar surface area (TPSA) is 21.3 Å². The third-order valence-electron chi connectivity index (χ3n) is 3.40. The summed E-state index contributed by atoms with van der Waals surface area (Å²) in [4.78, 5) is 0. The van der Waals surface area contributed by atoms with Crippen LogP contribution in [0.3, 0.4) is 0 Å². The number of rotatable bonds is 6. The Kier molecular flexibility index (Phi) is 6.27. The molecule has 0 amide bonds. The second-order valence-corrected chi connectivity index (χ2v) is 6.56. The monoisotopic (exact) mass is 411 g/mol. The molecule has 112 valence electrons. The van der Waals surface area contributed by atoms with E-state index in [1.54, 1.807) is 7.11 Å². The van der Waals surface area contributed by atoms with E-state index in [1.165, 1.54) is 11.1 Å². The molecule has 21 heavy (non-hydrogen) atoms. The zero-order valence-electron chi connectivity index (χ0n) is 12.2. The lowest BCUT2D eigenvalue weighted by Gasteiger charge is -2.21. The summed E-state index contributed by atoms with van der Waals surface area (Å²) in [6.07, 6.45) is 0.874. The van der Waals surface area contributed by atoms with Crippen LogP contribution in [0.25, 0.3) is 0 Å². The summed E-state index contributed by atoms with van der Waals surface area (Å²) < 4.78 is 7.68. The Balaban J connectivity index is 2.33. The van der Waals surface area contributed by atoms with E-state index in [9.17, 15) is 0 Å². The predicted octanol–water partition coefficient (Wildman–Crippen LogP) is 5.11. The lowest BCUT2D eigenvalue weighted by Crippen LogP contribution is -2.23. The van der Waals surface area contributed by atoms with E-state index in [4.69, 9.17) is 4.74 Å². The molecule has 0 radical (unpaired) electrons. The minimum absolute atomic E-state index is 0.244. The van der Waals surface area contributed by atoms with Crippen LogP contribution in [-0.4, -0.2) is 13.7 Å². The van der Waals surface area contributed by atoms with Crippen molar-refractivity contribution < 1.29 is 4.74 Å². The Bertz CT molecular complexity index is 601. The molecule has 2 nitrogen and oxygen atoms in total. The first-order valence-corrected chi connectivity index (χ1v) is 8.54. The maximum atomic E-state index is 5.49. The minimum Gasteiger partial charge on any atom is -0.496 e. The van der Waals surface area contributed by atoms with Gasteiger partial charge in [0.1, 0.15) is 5.75 Å². The molecule has 0 saturated carbocycles. The number of hydrogen-bond acceptors (Lipinski definition) is 2. The van der Waals surface area contributed by atoms with Gasteiger partial charge < -0.3 is 10.1 Å². The highest BCUT2D eigenvalue weighted by Gasteiger charge is 2.16. The first-order chi connectivity index (χ1) is 10.2. The molecule has 0 bridgehead atoms. The van der Waals surface area contributed by atoms with Crippen molar-refractivity contribution in [3.63, 3.8) is 0 Å². The van der Waals surface area contributed by atoms with Crippen molar-refractivity contribution >= 4 is 31.9 Å². The third-order valence-corrected chi connectivity index (χ3v) is 4.61. The van der Waals surface area contributed by atoms with Crippen LogP contribution in [0.1, 0.15) is 24.1 Å². The van der Waals surface area contributed by atoms with E-state index in [-0.39, 0.29) is 6.04 Å². The maximum Gasteiger partial charge on any atom is 0.122 e. The van der Waals surface area contributed by atoms with Crippen LogP contribution in [0.4, 0.5) is 0 Å². The molecule has 0 fully saturated rings. The number of methoxy groups -OCH3 is 1. The molecule has 0 aliphatic carbocycles. The predicted molar refractivity (Wildman–Crippen MR) is 95.0 cm³/mol. The van der Waals surface area contributed by atoms with Gasteiger partial charge in [-0.25, -0.2) is 0 Å². The first-order valence-electron chi connectivity index (χ1n) is 6.96. The van der Waals surface area contributed by atoms with Crippen LogP contribution in [0, 0.1) is 0 Å². The lowest BCUT2D eigenvalue weighted by atomic mass is 9.98. The van der Waals surface area contributed by atoms with E-state index in [1.807, 2.05) is 18.2 Å². The molecule has 0 saturated heterocycles. The number of likely N-dealkylation sites (N-methyl/N-ethyl adjacent to an activating group) is 1. The largest absolute Gasteiger partial charge is 0.496 e. The number of benzene rings is 2. The molecule has 0 heterocycles. The van der Waals surface area contributed by atoms with Crippen LogP contribution in [0.5, 0.6) is 5.75 Å². The fourth-order valence-electron chi connectivity index (χ4n) is 2.42. The van der Waals surface area contributed by atoms with Crippen molar-refractivity contribution in [1.82, 2.24) is 5.32 Å². The third kappa shape index (κ3) is 4.31. The summed E-state index contributed by atoms with van der Waals surface area (Å²) in [5, 5.41) is 3.56. The summed E-state index contributed by atoms with van der Waals surface area (Å²) in [7, 11) is 1.72. The molecule has 0 aliphatic heterocycles. The molecule has 1 atom stereocenters. The van der Waals surface area contributed by atoms with E-state index >= 15 is 0 Å². The average molecular weight is 413 g/mol. The number of ether oxygens (including phenoxy) is 1. The highest BCUT2D eigenvalue weighted by molar-refractivity contribution is 9.10. The van der Waals surface area contributed by atoms with Gasteiger partial charge in [-0.1, -0.05) is 57.0 Å². The summed E-state index contributed by atoms with van der Waals surface area (Å²) in [6.45, 7) is 3.05. The Morgan fingerprint density at radius 1 is 1.14 bits per heavy atom. The smallest absolute Gasteiger partial charge is 0.122 e. The highest BCUT2D eigenvalue weighted by Crippen LogP contribution is 2.30. The lowest BCUT2D eigenvalue weighted by molar-refractivity contribution is 0.405. The van der Waals surface area contributed by atoms with Crippen LogP contribution in [0.2, 0.25) is 0 Å². The quantitative estimate of drug-likeness (QED) is 0.711. The minimum atomic E-state index is 0.244. The van der Waals surface area contributed by atoms with Crippen LogP contribution in [-0.2, 0) is 6.42 Å². The molecule has 0 spiro atoms. The highest BCUT2D eigenvalue weighted by atomic mass is 79.9. The van der Waals surface area contributed by atoms with Crippen LogP contribution in [0.15, 0.2) is 51.4 Å². The van der Waals surface area contributed by atoms with Gasteiger partial charge in [0.05, 0.1) is 7.11 Å². The second-order valence-electron chi connectivity index (χ2n) is 4.79. The summed E-state index contributed by atoms with van der Waals surface area (Å²) in [5.41, 5.74) is 2.45. The van der Waals surface area contributed by atoms with E-state index in [0.717, 1.165) is 27.7 Å². The van der Waals surface area contributed by atoms with Gasteiger partial charge >= 0.3 is 0 Å². The molecular formula is C17H19Br2NO. The summed E-state index contributed by atoms with van der Waals surface area (Å²) in [6, 6.07) is 14.7. The molecule has 2 aromatic rings. The summed E-state index contributed by atoms with van der Waals surface area (Å²) >= 11 is 7.19. The Hall–Kier alpha value is -0.840. The second kappa shape index (κ2) is 7.97. The van der Waals surface area contributed by atoms with E-state index in [2.05, 4.69) is 68.4 Å². The molecule has 2 aromatic carbocycles. The number of nitrogens with one attached hydrogen (secondary N) is 1. The Morgan fingerprint density at radius 3 is 2.57 bits per heavy atom. The normalized spacial score (nSPS) is 12.2. The van der Waals surface area contributed by atoms with Gasteiger partial charge in [-0.3, -0.25) is 0 Å². The van der Waals surface area contributed by atoms with Crippen LogP contribution < -0.4 is 10.1 Å². The molecule has 0 aliphatic rings.